The lowest BCUT2D eigenvalue weighted by Crippen LogP contribution is -2.38. The summed E-state index contributed by atoms with van der Waals surface area (Å²) >= 11 is 0. The van der Waals surface area contributed by atoms with Crippen LogP contribution < -0.4 is 4.74 Å². The van der Waals surface area contributed by atoms with Gasteiger partial charge in [-0.3, -0.25) is 0 Å². The number of rotatable bonds is 12. The summed E-state index contributed by atoms with van der Waals surface area (Å²) in [5.74, 6) is 2.03. The fraction of sp³-hybridized carbons (Fsp3) is 0.714. The highest BCUT2D eigenvalue weighted by atomic mass is 16.7. The van der Waals surface area contributed by atoms with Gasteiger partial charge in [-0.2, -0.15) is 0 Å². The van der Waals surface area contributed by atoms with Crippen molar-refractivity contribution >= 4 is 0 Å². The second-order valence-electron chi connectivity index (χ2n) is 19.1. The van der Waals surface area contributed by atoms with Crippen LogP contribution in [0.2, 0.25) is 0 Å². The minimum atomic E-state index is -0.263. The molecule has 254 valence electrons. The first-order valence-corrected chi connectivity index (χ1v) is 17.8. The summed E-state index contributed by atoms with van der Waals surface area (Å²) in [6.07, 6.45) is 9.47. The van der Waals surface area contributed by atoms with E-state index in [-0.39, 0.29) is 33.4 Å². The number of ether oxygens (including phenoxy) is 2. The Bertz CT molecular complexity index is 1160. The maximum absolute atomic E-state index is 9.99. The molecule has 1 fully saturated rings. The zero-order valence-corrected chi connectivity index (χ0v) is 31.3. The Morgan fingerprint density at radius 3 is 1.64 bits per heavy atom. The van der Waals surface area contributed by atoms with Crippen LogP contribution in [0.15, 0.2) is 48.5 Å². The fourth-order valence-corrected chi connectivity index (χ4v) is 7.76. The van der Waals surface area contributed by atoms with Gasteiger partial charge in [-0.1, -0.05) is 134 Å². The number of phenolic OH excluding ortho intramolecular Hbond substituents is 1. The Morgan fingerprint density at radius 2 is 1.16 bits per heavy atom. The maximum Gasteiger partial charge on any atom is 0.204 e. The average Bonchev–Trinajstić information content (AvgIpc) is 2.89. The predicted molar refractivity (Wildman–Crippen MR) is 192 cm³/mol. The summed E-state index contributed by atoms with van der Waals surface area (Å²) in [6, 6.07) is 16.9. The van der Waals surface area contributed by atoms with Crippen molar-refractivity contribution in [1.29, 1.82) is 0 Å². The molecule has 2 aromatic rings. The summed E-state index contributed by atoms with van der Waals surface area (Å²) in [5.41, 5.74) is 3.12. The molecule has 1 aliphatic rings. The molecule has 0 aliphatic heterocycles. The third-order valence-electron chi connectivity index (χ3n) is 9.89. The standard InChI is InChI=1S/C42H68O3/c1-38(2,3)27-36(31-19-23-32(43)24-20-31)42(12,13)29-41(10,11)28-35(39(4,5)6)30-21-25-34(26-22-30)45-37(40(7,8)9)44-33-17-15-14-16-18-33/h19-26,33,35-37,43H,14-18,27-29H2,1-13H3. The molecule has 0 spiro atoms. The van der Waals surface area contributed by atoms with Gasteiger partial charge in [-0.15, -0.1) is 0 Å². The van der Waals surface area contributed by atoms with E-state index in [1.807, 2.05) is 12.1 Å². The van der Waals surface area contributed by atoms with Gasteiger partial charge in [0.2, 0.25) is 6.29 Å². The lowest BCUT2D eigenvalue weighted by molar-refractivity contribution is -0.177. The quantitative estimate of drug-likeness (QED) is 0.240. The third-order valence-corrected chi connectivity index (χ3v) is 9.89. The normalized spacial score (nSPS) is 18.0. The van der Waals surface area contributed by atoms with E-state index in [2.05, 4.69) is 126 Å². The average molecular weight is 621 g/mol. The van der Waals surface area contributed by atoms with E-state index < -0.39 is 0 Å². The van der Waals surface area contributed by atoms with Gasteiger partial charge in [-0.25, -0.2) is 0 Å². The Kier molecular flexibility index (Phi) is 12.0. The highest BCUT2D eigenvalue weighted by Crippen LogP contribution is 2.53. The molecule has 3 nitrogen and oxygen atoms in total. The first-order valence-electron chi connectivity index (χ1n) is 17.8. The fourth-order valence-electron chi connectivity index (χ4n) is 7.76. The van der Waals surface area contributed by atoms with Crippen LogP contribution in [0.4, 0.5) is 0 Å². The molecule has 0 radical (unpaired) electrons. The Morgan fingerprint density at radius 1 is 0.644 bits per heavy atom. The number of phenols is 1. The number of hydrogen-bond donors (Lipinski definition) is 1. The summed E-state index contributed by atoms with van der Waals surface area (Å²) in [5, 5.41) is 9.99. The van der Waals surface area contributed by atoms with E-state index in [1.54, 1.807) is 0 Å². The van der Waals surface area contributed by atoms with Crippen LogP contribution in [0, 0.1) is 27.1 Å². The van der Waals surface area contributed by atoms with Crippen LogP contribution in [0.3, 0.4) is 0 Å². The monoisotopic (exact) mass is 621 g/mol. The molecule has 0 aromatic heterocycles. The van der Waals surface area contributed by atoms with Crippen LogP contribution in [0.1, 0.15) is 164 Å². The minimum absolute atomic E-state index is 0.0776. The molecular weight excluding hydrogens is 552 g/mol. The van der Waals surface area contributed by atoms with Crippen molar-refractivity contribution in [2.24, 2.45) is 27.1 Å². The van der Waals surface area contributed by atoms with Crippen LogP contribution in [-0.2, 0) is 4.74 Å². The van der Waals surface area contributed by atoms with Crippen molar-refractivity contribution in [2.75, 3.05) is 0 Å². The molecule has 3 rings (SSSR count). The molecule has 1 N–H and O–H groups in total. The van der Waals surface area contributed by atoms with Gasteiger partial charge in [0.05, 0.1) is 6.10 Å². The Balaban J connectivity index is 1.80. The zero-order chi connectivity index (χ0) is 33.8. The molecule has 45 heavy (non-hydrogen) atoms. The first kappa shape index (κ1) is 37.5. The van der Waals surface area contributed by atoms with Crippen LogP contribution >= 0.6 is 0 Å². The minimum Gasteiger partial charge on any atom is -0.508 e. The van der Waals surface area contributed by atoms with E-state index in [0.717, 1.165) is 37.9 Å². The van der Waals surface area contributed by atoms with Crippen molar-refractivity contribution in [2.45, 2.75) is 166 Å². The van der Waals surface area contributed by atoms with E-state index in [9.17, 15) is 5.11 Å². The van der Waals surface area contributed by atoms with Crippen molar-refractivity contribution in [3.8, 4) is 11.5 Å². The van der Waals surface area contributed by atoms with E-state index in [0.29, 0.717) is 23.7 Å². The molecular formula is C42H68O3. The number of hydrogen-bond acceptors (Lipinski definition) is 3. The molecule has 0 bridgehead atoms. The highest BCUT2D eigenvalue weighted by molar-refractivity contribution is 5.32. The predicted octanol–water partition coefficient (Wildman–Crippen LogP) is 12.7. The summed E-state index contributed by atoms with van der Waals surface area (Å²) in [7, 11) is 0. The van der Waals surface area contributed by atoms with Gasteiger partial charge in [-0.05, 0) is 101 Å². The van der Waals surface area contributed by atoms with Crippen LogP contribution in [-0.4, -0.2) is 17.5 Å². The number of aromatic hydroxyl groups is 1. The van der Waals surface area contributed by atoms with Gasteiger partial charge in [0.1, 0.15) is 11.5 Å². The van der Waals surface area contributed by atoms with Crippen molar-refractivity contribution in [3.05, 3.63) is 59.7 Å². The highest BCUT2D eigenvalue weighted by Gasteiger charge is 2.41. The second kappa shape index (κ2) is 14.4. The van der Waals surface area contributed by atoms with Gasteiger partial charge in [0.15, 0.2) is 0 Å². The summed E-state index contributed by atoms with van der Waals surface area (Å²) in [6.45, 7) is 30.7. The van der Waals surface area contributed by atoms with Crippen molar-refractivity contribution in [1.82, 2.24) is 0 Å². The van der Waals surface area contributed by atoms with Crippen LogP contribution in [0.25, 0.3) is 0 Å². The first-order chi connectivity index (χ1) is 20.6. The van der Waals surface area contributed by atoms with Crippen molar-refractivity contribution in [3.63, 3.8) is 0 Å². The molecule has 0 heterocycles. The molecule has 3 unspecified atom stereocenters. The van der Waals surface area contributed by atoms with E-state index in [4.69, 9.17) is 9.47 Å². The molecule has 1 aliphatic carbocycles. The van der Waals surface area contributed by atoms with Gasteiger partial charge >= 0.3 is 0 Å². The molecule has 2 aromatic carbocycles. The van der Waals surface area contributed by atoms with Crippen LogP contribution in [0.5, 0.6) is 11.5 Å². The van der Waals surface area contributed by atoms with E-state index >= 15 is 0 Å². The molecule has 1 saturated carbocycles. The second-order valence-corrected chi connectivity index (χ2v) is 19.1. The molecule has 0 amide bonds. The van der Waals surface area contributed by atoms with Gasteiger partial charge in [0, 0.05) is 5.41 Å². The Hall–Kier alpha value is -2.00. The smallest absolute Gasteiger partial charge is 0.204 e. The molecule has 3 heteroatoms. The van der Waals surface area contributed by atoms with Gasteiger partial charge in [0.25, 0.3) is 0 Å². The van der Waals surface area contributed by atoms with E-state index in [1.165, 1.54) is 30.4 Å². The topological polar surface area (TPSA) is 38.7 Å². The third kappa shape index (κ3) is 11.6. The van der Waals surface area contributed by atoms with Crippen molar-refractivity contribution < 1.29 is 14.6 Å². The number of benzene rings is 2. The summed E-state index contributed by atoms with van der Waals surface area (Å²) < 4.78 is 13.1. The molecule has 3 atom stereocenters. The lowest BCUT2D eigenvalue weighted by atomic mass is 9.59. The lowest BCUT2D eigenvalue weighted by Gasteiger charge is -2.45. The largest absolute Gasteiger partial charge is 0.508 e. The SMILES string of the molecule is CC(C)(C)CC(c1ccc(O)cc1)C(C)(C)CC(C)(C)CC(c1ccc(OC(OC2CCCCC2)C(C)(C)C)cc1)C(C)(C)C. The maximum atomic E-state index is 9.99. The molecule has 0 saturated heterocycles. The Labute approximate surface area is 277 Å². The van der Waals surface area contributed by atoms with Gasteiger partial charge < -0.3 is 14.6 Å². The summed E-state index contributed by atoms with van der Waals surface area (Å²) in [4.78, 5) is 0. The zero-order valence-electron chi connectivity index (χ0n) is 31.3.